The molecule has 0 aromatic heterocycles. The van der Waals surface area contributed by atoms with Crippen LogP contribution in [0.1, 0.15) is 33.9 Å². The van der Waals surface area contributed by atoms with Crippen molar-refractivity contribution in [2.24, 2.45) is 5.73 Å². The first-order valence-electron chi connectivity index (χ1n) is 6.60. The second-order valence-electron chi connectivity index (χ2n) is 5.18. The van der Waals surface area contributed by atoms with Crippen molar-refractivity contribution in [1.29, 1.82) is 0 Å². The standard InChI is InChI=1S/C17H20BrNO/c1-10-5-6-15(18)14(7-10)17(19)13-8-12(3)16(20-4)9-11(13)2/h5-9,17H,19H2,1-4H3. The van der Waals surface area contributed by atoms with Gasteiger partial charge < -0.3 is 10.5 Å². The van der Waals surface area contributed by atoms with E-state index in [0.29, 0.717) is 0 Å². The summed E-state index contributed by atoms with van der Waals surface area (Å²) in [4.78, 5) is 0. The maximum Gasteiger partial charge on any atom is 0.122 e. The van der Waals surface area contributed by atoms with Gasteiger partial charge in [-0.3, -0.25) is 0 Å². The van der Waals surface area contributed by atoms with Crippen LogP contribution in [0.3, 0.4) is 0 Å². The van der Waals surface area contributed by atoms with Gasteiger partial charge in [-0.2, -0.15) is 0 Å². The molecule has 106 valence electrons. The average Bonchev–Trinajstić information content (AvgIpc) is 2.42. The Kier molecular flexibility index (Phi) is 4.51. The molecule has 20 heavy (non-hydrogen) atoms. The van der Waals surface area contributed by atoms with E-state index in [0.717, 1.165) is 32.5 Å². The van der Waals surface area contributed by atoms with Crippen molar-refractivity contribution in [1.82, 2.24) is 0 Å². The number of rotatable bonds is 3. The van der Waals surface area contributed by atoms with Crippen LogP contribution in [0.15, 0.2) is 34.8 Å². The van der Waals surface area contributed by atoms with Crippen molar-refractivity contribution in [2.75, 3.05) is 7.11 Å². The van der Waals surface area contributed by atoms with Crippen molar-refractivity contribution in [3.63, 3.8) is 0 Å². The summed E-state index contributed by atoms with van der Waals surface area (Å²) in [5.74, 6) is 0.904. The lowest BCUT2D eigenvalue weighted by Crippen LogP contribution is -2.14. The van der Waals surface area contributed by atoms with Gasteiger partial charge in [0.05, 0.1) is 13.2 Å². The Hall–Kier alpha value is -1.32. The van der Waals surface area contributed by atoms with Crippen LogP contribution >= 0.6 is 15.9 Å². The molecule has 2 N–H and O–H groups in total. The Morgan fingerprint density at radius 3 is 2.35 bits per heavy atom. The molecule has 0 saturated carbocycles. The molecule has 1 unspecified atom stereocenters. The third kappa shape index (κ3) is 2.89. The van der Waals surface area contributed by atoms with Crippen LogP contribution in [0, 0.1) is 20.8 Å². The number of aryl methyl sites for hydroxylation is 3. The van der Waals surface area contributed by atoms with Gasteiger partial charge in [-0.1, -0.05) is 39.7 Å². The van der Waals surface area contributed by atoms with Crippen LogP contribution in [0.25, 0.3) is 0 Å². The summed E-state index contributed by atoms with van der Waals surface area (Å²) in [5.41, 5.74) is 12.2. The summed E-state index contributed by atoms with van der Waals surface area (Å²) in [5, 5.41) is 0. The van der Waals surface area contributed by atoms with Crippen LogP contribution in [-0.4, -0.2) is 7.11 Å². The van der Waals surface area contributed by atoms with E-state index in [1.165, 1.54) is 5.56 Å². The molecule has 2 rings (SSSR count). The summed E-state index contributed by atoms with van der Waals surface area (Å²) < 4.78 is 6.40. The zero-order valence-corrected chi connectivity index (χ0v) is 13.9. The van der Waals surface area contributed by atoms with Crippen LogP contribution in [0.4, 0.5) is 0 Å². The van der Waals surface area contributed by atoms with Crippen LogP contribution in [0.2, 0.25) is 0 Å². The molecule has 0 radical (unpaired) electrons. The number of methoxy groups -OCH3 is 1. The van der Waals surface area contributed by atoms with E-state index in [2.05, 4.69) is 54.0 Å². The third-order valence-corrected chi connectivity index (χ3v) is 4.33. The van der Waals surface area contributed by atoms with E-state index in [9.17, 15) is 0 Å². The number of hydrogen-bond acceptors (Lipinski definition) is 2. The third-order valence-electron chi connectivity index (χ3n) is 3.61. The highest BCUT2D eigenvalue weighted by molar-refractivity contribution is 9.10. The average molecular weight is 334 g/mol. The van der Waals surface area contributed by atoms with Gasteiger partial charge >= 0.3 is 0 Å². The molecule has 3 heteroatoms. The molecule has 0 heterocycles. The predicted molar refractivity (Wildman–Crippen MR) is 87.4 cm³/mol. The Labute approximate surface area is 129 Å². The van der Waals surface area contributed by atoms with Gasteiger partial charge in [0.1, 0.15) is 5.75 Å². The van der Waals surface area contributed by atoms with Crippen LogP contribution < -0.4 is 10.5 Å². The number of halogens is 1. The summed E-state index contributed by atoms with van der Waals surface area (Å²) in [6.07, 6.45) is 0. The fourth-order valence-electron chi connectivity index (χ4n) is 2.44. The molecule has 0 spiro atoms. The first kappa shape index (κ1) is 15.1. The van der Waals surface area contributed by atoms with Crippen LogP contribution in [0.5, 0.6) is 5.75 Å². The first-order chi connectivity index (χ1) is 9.43. The molecule has 0 aliphatic heterocycles. The second kappa shape index (κ2) is 5.98. The van der Waals surface area contributed by atoms with Gasteiger partial charge in [0.15, 0.2) is 0 Å². The van der Waals surface area contributed by atoms with E-state index in [4.69, 9.17) is 10.5 Å². The number of ether oxygens (including phenoxy) is 1. The minimum absolute atomic E-state index is 0.145. The zero-order valence-electron chi connectivity index (χ0n) is 12.3. The van der Waals surface area contributed by atoms with Gasteiger partial charge in [0.2, 0.25) is 0 Å². The fraction of sp³-hybridized carbons (Fsp3) is 0.294. The summed E-state index contributed by atoms with van der Waals surface area (Å²) in [7, 11) is 1.69. The fourth-order valence-corrected chi connectivity index (χ4v) is 2.93. The highest BCUT2D eigenvalue weighted by atomic mass is 79.9. The molecule has 2 nitrogen and oxygen atoms in total. The van der Waals surface area contributed by atoms with Gasteiger partial charge in [-0.05, 0) is 55.2 Å². The molecule has 0 aliphatic rings. The zero-order chi connectivity index (χ0) is 14.9. The summed E-state index contributed by atoms with van der Waals surface area (Å²) in [6.45, 7) is 6.19. The van der Waals surface area contributed by atoms with Crippen LogP contribution in [-0.2, 0) is 0 Å². The lowest BCUT2D eigenvalue weighted by atomic mass is 9.93. The van der Waals surface area contributed by atoms with Gasteiger partial charge in [-0.15, -0.1) is 0 Å². The molecule has 0 fully saturated rings. The lowest BCUT2D eigenvalue weighted by Gasteiger charge is -2.19. The summed E-state index contributed by atoms with van der Waals surface area (Å²) >= 11 is 3.59. The normalized spacial score (nSPS) is 12.3. The van der Waals surface area contributed by atoms with Gasteiger partial charge in [-0.25, -0.2) is 0 Å². The molecule has 0 bridgehead atoms. The van der Waals surface area contributed by atoms with Gasteiger partial charge in [0.25, 0.3) is 0 Å². The van der Waals surface area contributed by atoms with E-state index < -0.39 is 0 Å². The van der Waals surface area contributed by atoms with Crippen molar-refractivity contribution in [3.05, 3.63) is 62.6 Å². The Balaban J connectivity index is 2.50. The molecule has 0 aliphatic carbocycles. The molecule has 2 aromatic carbocycles. The quantitative estimate of drug-likeness (QED) is 0.901. The Morgan fingerprint density at radius 1 is 1.00 bits per heavy atom. The number of nitrogens with two attached hydrogens (primary N) is 1. The molecule has 1 atom stereocenters. The van der Waals surface area contributed by atoms with Crippen molar-refractivity contribution >= 4 is 15.9 Å². The molecule has 0 saturated heterocycles. The van der Waals surface area contributed by atoms with Gasteiger partial charge in [0, 0.05) is 4.47 Å². The minimum Gasteiger partial charge on any atom is -0.496 e. The Morgan fingerprint density at radius 2 is 1.70 bits per heavy atom. The molecular weight excluding hydrogens is 314 g/mol. The number of benzene rings is 2. The smallest absolute Gasteiger partial charge is 0.122 e. The highest BCUT2D eigenvalue weighted by Gasteiger charge is 2.16. The predicted octanol–water partition coefficient (Wildman–Crippen LogP) is 4.43. The van der Waals surface area contributed by atoms with E-state index in [1.54, 1.807) is 7.11 Å². The monoisotopic (exact) mass is 333 g/mol. The van der Waals surface area contributed by atoms with Crippen molar-refractivity contribution in [2.45, 2.75) is 26.8 Å². The van der Waals surface area contributed by atoms with Crippen molar-refractivity contribution in [3.8, 4) is 5.75 Å². The maximum atomic E-state index is 6.48. The largest absolute Gasteiger partial charge is 0.496 e. The lowest BCUT2D eigenvalue weighted by molar-refractivity contribution is 0.411. The first-order valence-corrected chi connectivity index (χ1v) is 7.40. The second-order valence-corrected chi connectivity index (χ2v) is 6.04. The van der Waals surface area contributed by atoms with E-state index >= 15 is 0 Å². The maximum absolute atomic E-state index is 6.48. The Bertz CT molecular complexity index is 637. The SMILES string of the molecule is COc1cc(C)c(C(N)c2cc(C)ccc2Br)cc1C. The number of hydrogen-bond donors (Lipinski definition) is 1. The summed E-state index contributed by atoms with van der Waals surface area (Å²) in [6, 6.07) is 10.3. The molecule has 0 amide bonds. The topological polar surface area (TPSA) is 35.2 Å². The molecular formula is C17H20BrNO. The highest BCUT2D eigenvalue weighted by Crippen LogP contribution is 2.32. The van der Waals surface area contributed by atoms with Crippen molar-refractivity contribution < 1.29 is 4.74 Å². The molecule has 2 aromatic rings. The van der Waals surface area contributed by atoms with E-state index in [1.807, 2.05) is 13.0 Å². The minimum atomic E-state index is -0.145. The van der Waals surface area contributed by atoms with E-state index in [-0.39, 0.29) is 6.04 Å².